The van der Waals surface area contributed by atoms with Gasteiger partial charge in [-0.2, -0.15) is 0 Å². The minimum atomic E-state index is 0.592. The van der Waals surface area contributed by atoms with Crippen molar-refractivity contribution >= 4 is 15.9 Å². The van der Waals surface area contributed by atoms with E-state index in [1.54, 1.807) is 12.5 Å². The SMILES string of the molecule is Brc1cncc(-c2nncn2C2CC2)c1. The van der Waals surface area contributed by atoms with Gasteiger partial charge in [-0.3, -0.25) is 4.98 Å². The molecule has 15 heavy (non-hydrogen) atoms. The summed E-state index contributed by atoms with van der Waals surface area (Å²) in [4.78, 5) is 4.13. The van der Waals surface area contributed by atoms with Gasteiger partial charge < -0.3 is 4.57 Å². The molecule has 1 aliphatic rings. The molecule has 5 heteroatoms. The van der Waals surface area contributed by atoms with Gasteiger partial charge in [0.25, 0.3) is 0 Å². The first kappa shape index (κ1) is 9.03. The largest absolute Gasteiger partial charge is 0.310 e. The van der Waals surface area contributed by atoms with Gasteiger partial charge in [-0.15, -0.1) is 10.2 Å². The molecule has 1 saturated carbocycles. The van der Waals surface area contributed by atoms with E-state index in [2.05, 4.69) is 35.7 Å². The van der Waals surface area contributed by atoms with E-state index in [9.17, 15) is 0 Å². The van der Waals surface area contributed by atoms with Crippen molar-refractivity contribution in [3.8, 4) is 11.4 Å². The number of pyridine rings is 1. The van der Waals surface area contributed by atoms with Crippen molar-refractivity contribution in [3.05, 3.63) is 29.3 Å². The Morgan fingerprint density at radius 1 is 1.33 bits per heavy atom. The fourth-order valence-electron chi connectivity index (χ4n) is 1.60. The highest BCUT2D eigenvalue weighted by Gasteiger charge is 2.26. The van der Waals surface area contributed by atoms with Crippen LogP contribution in [0.2, 0.25) is 0 Å². The first-order valence-electron chi connectivity index (χ1n) is 4.85. The summed E-state index contributed by atoms with van der Waals surface area (Å²) in [6, 6.07) is 2.60. The third-order valence-corrected chi connectivity index (χ3v) is 2.91. The van der Waals surface area contributed by atoms with Crippen LogP contribution in [0, 0.1) is 0 Å². The van der Waals surface area contributed by atoms with Gasteiger partial charge in [0.1, 0.15) is 6.33 Å². The molecule has 2 aromatic heterocycles. The van der Waals surface area contributed by atoms with Crippen LogP contribution in [-0.4, -0.2) is 19.7 Å². The van der Waals surface area contributed by atoms with Crippen LogP contribution in [0.1, 0.15) is 18.9 Å². The second-order valence-corrected chi connectivity index (χ2v) is 4.60. The highest BCUT2D eigenvalue weighted by atomic mass is 79.9. The second kappa shape index (κ2) is 3.41. The smallest absolute Gasteiger partial charge is 0.165 e. The van der Waals surface area contributed by atoms with Gasteiger partial charge in [0.15, 0.2) is 5.82 Å². The Hall–Kier alpha value is -1.23. The van der Waals surface area contributed by atoms with E-state index in [-0.39, 0.29) is 0 Å². The molecule has 0 aromatic carbocycles. The van der Waals surface area contributed by atoms with Crippen LogP contribution >= 0.6 is 15.9 Å². The molecule has 2 heterocycles. The molecule has 2 aromatic rings. The maximum absolute atomic E-state index is 4.14. The lowest BCUT2D eigenvalue weighted by Gasteiger charge is -2.03. The molecule has 4 nitrogen and oxygen atoms in total. The molecule has 0 spiro atoms. The van der Waals surface area contributed by atoms with E-state index in [1.807, 2.05) is 12.3 Å². The Kier molecular flexibility index (Phi) is 2.05. The lowest BCUT2D eigenvalue weighted by molar-refractivity contribution is 0.745. The van der Waals surface area contributed by atoms with Crippen molar-refractivity contribution in [2.75, 3.05) is 0 Å². The molecule has 1 aliphatic carbocycles. The number of hydrogen-bond donors (Lipinski definition) is 0. The molecular formula is C10H9BrN4. The lowest BCUT2D eigenvalue weighted by atomic mass is 10.3. The van der Waals surface area contributed by atoms with Gasteiger partial charge >= 0.3 is 0 Å². The van der Waals surface area contributed by atoms with Gasteiger partial charge in [0, 0.05) is 28.5 Å². The number of rotatable bonds is 2. The molecule has 0 N–H and O–H groups in total. The van der Waals surface area contributed by atoms with E-state index >= 15 is 0 Å². The van der Waals surface area contributed by atoms with Gasteiger partial charge in [0.2, 0.25) is 0 Å². The number of halogens is 1. The zero-order valence-corrected chi connectivity index (χ0v) is 9.55. The highest BCUT2D eigenvalue weighted by molar-refractivity contribution is 9.10. The molecule has 0 amide bonds. The monoisotopic (exact) mass is 264 g/mol. The quantitative estimate of drug-likeness (QED) is 0.837. The number of aromatic nitrogens is 4. The molecule has 0 atom stereocenters. The van der Waals surface area contributed by atoms with Gasteiger partial charge in [-0.05, 0) is 34.8 Å². The normalized spacial score (nSPS) is 15.5. The lowest BCUT2D eigenvalue weighted by Crippen LogP contribution is -1.96. The minimum absolute atomic E-state index is 0.592. The van der Waals surface area contributed by atoms with Crippen molar-refractivity contribution in [1.29, 1.82) is 0 Å². The van der Waals surface area contributed by atoms with E-state index in [0.29, 0.717) is 6.04 Å². The first-order chi connectivity index (χ1) is 7.34. The molecule has 3 rings (SSSR count). The van der Waals surface area contributed by atoms with Crippen LogP contribution in [0.3, 0.4) is 0 Å². The van der Waals surface area contributed by atoms with Gasteiger partial charge in [-0.25, -0.2) is 0 Å². The molecule has 0 radical (unpaired) electrons. The Morgan fingerprint density at radius 3 is 2.93 bits per heavy atom. The van der Waals surface area contributed by atoms with Crippen LogP contribution < -0.4 is 0 Å². The summed E-state index contributed by atoms with van der Waals surface area (Å²) in [5.74, 6) is 0.909. The van der Waals surface area contributed by atoms with Crippen LogP contribution in [-0.2, 0) is 0 Å². The fourth-order valence-corrected chi connectivity index (χ4v) is 1.97. The van der Waals surface area contributed by atoms with Crippen LogP contribution in [0.15, 0.2) is 29.3 Å². The van der Waals surface area contributed by atoms with Gasteiger partial charge in [-0.1, -0.05) is 0 Å². The topological polar surface area (TPSA) is 43.6 Å². The summed E-state index contributed by atoms with van der Waals surface area (Å²) in [7, 11) is 0. The van der Waals surface area contributed by atoms with Crippen molar-refractivity contribution in [3.63, 3.8) is 0 Å². The number of nitrogens with zero attached hydrogens (tertiary/aromatic N) is 4. The maximum atomic E-state index is 4.14. The third kappa shape index (κ3) is 1.67. The Morgan fingerprint density at radius 2 is 2.20 bits per heavy atom. The van der Waals surface area contributed by atoms with E-state index in [4.69, 9.17) is 0 Å². The first-order valence-corrected chi connectivity index (χ1v) is 5.64. The van der Waals surface area contributed by atoms with E-state index in [1.165, 1.54) is 12.8 Å². The zero-order chi connectivity index (χ0) is 10.3. The molecule has 76 valence electrons. The molecule has 0 bridgehead atoms. The highest BCUT2D eigenvalue weighted by Crippen LogP contribution is 2.37. The standard InChI is InChI=1S/C10H9BrN4/c11-8-3-7(4-12-5-8)10-14-13-6-15(10)9-1-2-9/h3-6,9H,1-2H2. The van der Waals surface area contributed by atoms with E-state index < -0.39 is 0 Å². The van der Waals surface area contributed by atoms with Crippen LogP contribution in [0.25, 0.3) is 11.4 Å². The fraction of sp³-hybridized carbons (Fsp3) is 0.300. The summed E-state index contributed by atoms with van der Waals surface area (Å²) < 4.78 is 3.09. The molecule has 0 unspecified atom stereocenters. The molecule has 0 saturated heterocycles. The average Bonchev–Trinajstić information content (AvgIpc) is 2.96. The maximum Gasteiger partial charge on any atom is 0.165 e. The summed E-state index contributed by atoms with van der Waals surface area (Å²) in [6.07, 6.45) is 7.84. The Labute approximate surface area is 95.5 Å². The summed E-state index contributed by atoms with van der Waals surface area (Å²) in [5, 5.41) is 8.10. The third-order valence-electron chi connectivity index (χ3n) is 2.48. The van der Waals surface area contributed by atoms with Crippen LogP contribution in [0.5, 0.6) is 0 Å². The van der Waals surface area contributed by atoms with Crippen molar-refractivity contribution in [1.82, 2.24) is 19.7 Å². The summed E-state index contributed by atoms with van der Waals surface area (Å²) >= 11 is 3.40. The zero-order valence-electron chi connectivity index (χ0n) is 7.97. The second-order valence-electron chi connectivity index (χ2n) is 3.68. The summed E-state index contributed by atoms with van der Waals surface area (Å²) in [5.41, 5.74) is 1.01. The Balaban J connectivity index is 2.07. The van der Waals surface area contributed by atoms with Crippen molar-refractivity contribution < 1.29 is 0 Å². The van der Waals surface area contributed by atoms with Gasteiger partial charge in [0.05, 0.1) is 0 Å². The predicted octanol–water partition coefficient (Wildman–Crippen LogP) is 2.44. The number of hydrogen-bond acceptors (Lipinski definition) is 3. The molecule has 0 aliphatic heterocycles. The summed E-state index contributed by atoms with van der Waals surface area (Å²) in [6.45, 7) is 0. The van der Waals surface area contributed by atoms with Crippen molar-refractivity contribution in [2.24, 2.45) is 0 Å². The van der Waals surface area contributed by atoms with E-state index in [0.717, 1.165) is 15.9 Å². The van der Waals surface area contributed by atoms with Crippen molar-refractivity contribution in [2.45, 2.75) is 18.9 Å². The average molecular weight is 265 g/mol. The minimum Gasteiger partial charge on any atom is -0.310 e. The molecule has 1 fully saturated rings. The van der Waals surface area contributed by atoms with Crippen LogP contribution in [0.4, 0.5) is 0 Å². The Bertz CT molecular complexity index is 490. The predicted molar refractivity (Wildman–Crippen MR) is 59.2 cm³/mol. The molecular weight excluding hydrogens is 256 g/mol.